The van der Waals surface area contributed by atoms with Crippen molar-refractivity contribution in [2.45, 2.75) is 81.0 Å². The summed E-state index contributed by atoms with van der Waals surface area (Å²) in [7, 11) is 0. The summed E-state index contributed by atoms with van der Waals surface area (Å²) in [6.07, 6.45) is -1.54. The van der Waals surface area contributed by atoms with E-state index in [-0.39, 0.29) is 24.1 Å². The van der Waals surface area contributed by atoms with Crippen LogP contribution in [0.1, 0.15) is 78.6 Å². The first-order valence-corrected chi connectivity index (χ1v) is 15.2. The van der Waals surface area contributed by atoms with Gasteiger partial charge in [-0.05, 0) is 68.5 Å². The normalized spacial score (nSPS) is 14.1. The van der Waals surface area contributed by atoms with Gasteiger partial charge in [-0.2, -0.15) is 13.2 Å². The number of hydrogen-bond donors (Lipinski definition) is 1. The number of anilines is 1. The molecule has 1 amide bonds. The lowest BCUT2D eigenvalue weighted by Gasteiger charge is -2.27. The minimum atomic E-state index is -4.57. The number of morpholine rings is 1. The average molecular weight is 608 g/mol. The number of carbonyl (C=O) groups excluding carboxylic acids is 1. The maximum absolute atomic E-state index is 14.2. The van der Waals surface area contributed by atoms with E-state index in [1.165, 1.54) is 6.92 Å². The molecule has 1 aromatic heterocycles. The molecular weight excluding hydrogens is 555 g/mol. The quantitative estimate of drug-likeness (QED) is 0.228. The second-order valence-corrected chi connectivity index (χ2v) is 9.29. The van der Waals surface area contributed by atoms with E-state index in [0.717, 1.165) is 49.4 Å². The van der Waals surface area contributed by atoms with Crippen molar-refractivity contribution in [3.63, 3.8) is 0 Å². The third-order valence-electron chi connectivity index (χ3n) is 6.30. The first kappa shape index (κ1) is 39.8. The number of nitrogens with zero attached hydrogens (tertiary/aromatic N) is 4. The molecule has 1 aliphatic rings. The molecule has 1 aliphatic heterocycles. The fourth-order valence-electron chi connectivity index (χ4n) is 4.51. The topological polar surface area (TPSA) is 84.1 Å². The van der Waals surface area contributed by atoms with Gasteiger partial charge < -0.3 is 15.4 Å². The van der Waals surface area contributed by atoms with Gasteiger partial charge in [0.25, 0.3) is 0 Å². The molecule has 0 radical (unpaired) electrons. The predicted molar refractivity (Wildman–Crippen MR) is 173 cm³/mol. The van der Waals surface area contributed by atoms with E-state index in [0.29, 0.717) is 25.5 Å². The predicted octanol–water partition coefficient (Wildman–Crippen LogP) is 7.19. The Morgan fingerprint density at radius 2 is 1.72 bits per heavy atom. The number of hydrogen-bond acceptors (Lipinski definition) is 6. The lowest BCUT2D eigenvalue weighted by Crippen LogP contribution is -2.36. The van der Waals surface area contributed by atoms with Crippen molar-refractivity contribution in [1.82, 2.24) is 9.88 Å². The van der Waals surface area contributed by atoms with Crippen LogP contribution in [-0.4, -0.2) is 67.6 Å². The molecule has 0 bridgehead atoms. The molecule has 242 valence electrons. The van der Waals surface area contributed by atoms with Gasteiger partial charge in [0.05, 0.1) is 24.6 Å². The summed E-state index contributed by atoms with van der Waals surface area (Å²) < 4.78 is 47.9. The number of carbonyl (C=O) groups is 1. The van der Waals surface area contributed by atoms with Gasteiger partial charge in [-0.1, -0.05) is 52.8 Å². The number of aromatic nitrogens is 1. The van der Waals surface area contributed by atoms with Crippen LogP contribution in [-0.2, 0) is 22.5 Å². The van der Waals surface area contributed by atoms with E-state index < -0.39 is 11.9 Å². The SMILES string of the molecule is CC.CC.CCCN(CC)c1cccc(C/C(C)=C(/N=C(C)c2ncccc2CN2CCOCC2)C(F)(F)F)c1.NC=O. The third-order valence-corrected chi connectivity index (χ3v) is 6.30. The van der Waals surface area contributed by atoms with Crippen LogP contribution >= 0.6 is 0 Å². The Balaban J connectivity index is 0.00000232. The maximum atomic E-state index is 14.2. The minimum absolute atomic E-state index is 0.173. The zero-order chi connectivity index (χ0) is 32.8. The number of ether oxygens (including phenoxy) is 1. The van der Waals surface area contributed by atoms with Crippen LogP contribution in [0.2, 0.25) is 0 Å². The van der Waals surface area contributed by atoms with Crippen molar-refractivity contribution >= 4 is 17.8 Å². The van der Waals surface area contributed by atoms with Crippen LogP contribution < -0.4 is 10.6 Å². The standard InChI is InChI=1S/C28H37F3N4O.2C2H6.CH3NO/c1-5-13-35(6-2)25-11-7-9-23(19-25)18-21(3)27(28(29,30)31)33-22(4)26-24(10-8-12-32-26)20-34-14-16-36-17-15-34;2*1-2;2-1-3/h7-12,19H,5-6,13-18,20H2,1-4H3;2*1-2H3;1H,(H2,2,3)/b27-21+,33-22?;;;. The minimum Gasteiger partial charge on any atom is -0.379 e. The molecule has 43 heavy (non-hydrogen) atoms. The highest BCUT2D eigenvalue weighted by atomic mass is 19.4. The van der Waals surface area contributed by atoms with E-state index in [1.807, 2.05) is 64.1 Å². The lowest BCUT2D eigenvalue weighted by atomic mass is 10.0. The van der Waals surface area contributed by atoms with Gasteiger partial charge in [-0.25, -0.2) is 4.99 Å². The van der Waals surface area contributed by atoms with E-state index in [1.54, 1.807) is 13.1 Å². The van der Waals surface area contributed by atoms with Crippen LogP contribution in [0.15, 0.2) is 58.9 Å². The van der Waals surface area contributed by atoms with Crippen molar-refractivity contribution < 1.29 is 22.7 Å². The van der Waals surface area contributed by atoms with Crippen molar-refractivity contribution in [3.05, 3.63) is 70.7 Å². The monoisotopic (exact) mass is 607 g/mol. The number of aliphatic imine (C=N–C) groups is 1. The molecule has 0 atom stereocenters. The summed E-state index contributed by atoms with van der Waals surface area (Å²) in [5.74, 6) is 0. The molecule has 1 aromatic carbocycles. The zero-order valence-electron chi connectivity index (χ0n) is 27.3. The third kappa shape index (κ3) is 14.2. The van der Waals surface area contributed by atoms with Crippen molar-refractivity contribution in [1.29, 1.82) is 0 Å². The van der Waals surface area contributed by atoms with Crippen LogP contribution in [0.5, 0.6) is 0 Å². The number of halogens is 3. The van der Waals surface area contributed by atoms with Gasteiger partial charge >= 0.3 is 6.18 Å². The van der Waals surface area contributed by atoms with Crippen molar-refractivity contribution in [2.24, 2.45) is 10.7 Å². The fourth-order valence-corrected chi connectivity index (χ4v) is 4.51. The fraction of sp³-hybridized carbons (Fsp3) is 0.545. The number of allylic oxidation sites excluding steroid dienone is 2. The molecule has 1 fully saturated rings. The van der Waals surface area contributed by atoms with Crippen molar-refractivity contribution in [3.8, 4) is 0 Å². The molecule has 2 aromatic rings. The Labute approximate surface area is 257 Å². The molecule has 3 rings (SSSR count). The van der Waals surface area contributed by atoms with Gasteiger partial charge in [-0.15, -0.1) is 0 Å². The highest BCUT2D eigenvalue weighted by molar-refractivity contribution is 5.99. The number of primary amides is 1. The van der Waals surface area contributed by atoms with E-state index in [2.05, 4.69) is 39.4 Å². The first-order chi connectivity index (χ1) is 20.6. The lowest BCUT2D eigenvalue weighted by molar-refractivity contribution is -0.107. The highest BCUT2D eigenvalue weighted by Crippen LogP contribution is 2.32. The van der Waals surface area contributed by atoms with Crippen LogP contribution in [0.25, 0.3) is 0 Å². The first-order valence-electron chi connectivity index (χ1n) is 15.2. The van der Waals surface area contributed by atoms with Crippen LogP contribution in [0.4, 0.5) is 18.9 Å². The number of benzene rings is 1. The summed E-state index contributed by atoms with van der Waals surface area (Å²) in [5, 5.41) is 0. The smallest absolute Gasteiger partial charge is 0.379 e. The maximum Gasteiger partial charge on any atom is 0.433 e. The van der Waals surface area contributed by atoms with Crippen LogP contribution in [0, 0.1) is 0 Å². The van der Waals surface area contributed by atoms with E-state index in [4.69, 9.17) is 9.53 Å². The Morgan fingerprint density at radius 3 is 2.28 bits per heavy atom. The molecule has 1 saturated heterocycles. The van der Waals surface area contributed by atoms with Gasteiger partial charge in [0.1, 0.15) is 5.70 Å². The second-order valence-electron chi connectivity index (χ2n) is 9.29. The number of alkyl halides is 3. The number of rotatable bonds is 10. The molecule has 0 aliphatic carbocycles. The largest absolute Gasteiger partial charge is 0.433 e. The van der Waals surface area contributed by atoms with E-state index >= 15 is 0 Å². The van der Waals surface area contributed by atoms with Gasteiger partial charge in [-0.3, -0.25) is 14.7 Å². The number of pyridine rings is 1. The molecule has 0 unspecified atom stereocenters. The van der Waals surface area contributed by atoms with E-state index in [9.17, 15) is 13.2 Å². The summed E-state index contributed by atoms with van der Waals surface area (Å²) >= 11 is 0. The summed E-state index contributed by atoms with van der Waals surface area (Å²) in [5.41, 5.74) is 6.98. The Bertz CT molecular complexity index is 1110. The molecule has 2 N–H and O–H groups in total. The van der Waals surface area contributed by atoms with Gasteiger partial charge in [0.15, 0.2) is 0 Å². The van der Waals surface area contributed by atoms with Gasteiger partial charge in [0, 0.05) is 44.6 Å². The Hall–Kier alpha value is -3.24. The highest BCUT2D eigenvalue weighted by Gasteiger charge is 2.36. The number of amides is 1. The molecular formula is C33H52F3N5O2. The summed E-state index contributed by atoms with van der Waals surface area (Å²) in [4.78, 5) is 21.6. The molecule has 0 spiro atoms. The van der Waals surface area contributed by atoms with Crippen LogP contribution in [0.3, 0.4) is 0 Å². The molecule has 2 heterocycles. The molecule has 10 heteroatoms. The van der Waals surface area contributed by atoms with Crippen molar-refractivity contribution in [2.75, 3.05) is 44.3 Å². The van der Waals surface area contributed by atoms with Gasteiger partial charge in [0.2, 0.25) is 6.41 Å². The second kappa shape index (κ2) is 22.3. The summed E-state index contributed by atoms with van der Waals surface area (Å²) in [6, 6.07) is 11.5. The Kier molecular flexibility index (Phi) is 20.6. The molecule has 7 nitrogen and oxygen atoms in total. The summed E-state index contributed by atoms with van der Waals surface area (Å²) in [6.45, 7) is 20.5. The zero-order valence-corrected chi connectivity index (χ0v) is 27.3. The number of nitrogens with two attached hydrogens (primary N) is 1. The molecule has 0 saturated carbocycles. The Morgan fingerprint density at radius 1 is 1.09 bits per heavy atom. The average Bonchev–Trinajstić information content (AvgIpc) is 3.01.